The molecule has 0 spiro atoms. The number of primary amides is 1. The summed E-state index contributed by atoms with van der Waals surface area (Å²) in [4.78, 5) is 41.7. The number of alkyl halides is 6. The van der Waals surface area contributed by atoms with E-state index in [1.165, 1.54) is 45.3 Å². The molecule has 0 bridgehead atoms. The molecule has 3 aromatic carbocycles. The lowest BCUT2D eigenvalue weighted by molar-refractivity contribution is -0.143. The van der Waals surface area contributed by atoms with Crippen LogP contribution >= 0.6 is 0 Å². The smallest absolute Gasteiger partial charge is 0.416 e. The average molecular weight is 747 g/mol. The van der Waals surface area contributed by atoms with Crippen molar-refractivity contribution in [2.75, 3.05) is 11.9 Å². The van der Waals surface area contributed by atoms with Crippen LogP contribution < -0.4 is 16.0 Å². The normalized spacial score (nSPS) is 17.5. The van der Waals surface area contributed by atoms with E-state index < -0.39 is 69.6 Å². The first kappa shape index (κ1) is 40.5. The second-order valence-corrected chi connectivity index (χ2v) is 13.5. The van der Waals surface area contributed by atoms with Crippen molar-refractivity contribution in [3.8, 4) is 11.1 Å². The van der Waals surface area contributed by atoms with Gasteiger partial charge in [-0.3, -0.25) is 19.9 Å². The maximum Gasteiger partial charge on any atom is 0.416 e. The van der Waals surface area contributed by atoms with E-state index in [1.54, 1.807) is 50.2 Å². The topological polar surface area (TPSA) is 126 Å². The second-order valence-electron chi connectivity index (χ2n) is 13.5. The number of halogens is 7. The molecule has 0 saturated carbocycles. The van der Waals surface area contributed by atoms with Crippen molar-refractivity contribution >= 4 is 23.5 Å². The summed E-state index contributed by atoms with van der Waals surface area (Å²) in [5.41, 5.74) is 1.58. The number of carboxylic acid groups (broad SMARTS) is 1. The molecule has 1 aliphatic rings. The van der Waals surface area contributed by atoms with Crippen molar-refractivity contribution in [2.24, 2.45) is 5.73 Å². The molecule has 5 rings (SSSR count). The molecule has 1 aliphatic heterocycles. The van der Waals surface area contributed by atoms with Crippen LogP contribution in [0.3, 0.4) is 0 Å². The number of carbonyl (C=O) groups is 3. The number of rotatable bonds is 7. The van der Waals surface area contributed by atoms with Crippen LogP contribution in [0.15, 0.2) is 79.0 Å². The van der Waals surface area contributed by atoms with Gasteiger partial charge in [0.2, 0.25) is 11.8 Å². The fourth-order valence-electron chi connectivity index (χ4n) is 5.99. The van der Waals surface area contributed by atoms with Crippen LogP contribution in [0.2, 0.25) is 0 Å². The molecular weight excluding hydrogens is 709 g/mol. The molecule has 2 heterocycles. The van der Waals surface area contributed by atoms with E-state index >= 15 is 0 Å². The molecule has 4 N–H and O–H groups in total. The second kappa shape index (κ2) is 15.0. The highest BCUT2D eigenvalue weighted by atomic mass is 19.4. The van der Waals surface area contributed by atoms with Gasteiger partial charge >= 0.3 is 18.3 Å². The highest BCUT2D eigenvalue weighted by molar-refractivity contribution is 6.03. The SMILES string of the molecule is Cc1cc(F)ccc1-c1cc([C@H]2CC[C@](C)(C(N)=O)N2)ncc1N(C)C(=O)C(C)(C)c1cc(C(F)(F)F)cc(C(F)(F)F)c1.O=C(O)c1ccccc1. The Hall–Kier alpha value is -5.31. The minimum Gasteiger partial charge on any atom is -0.478 e. The van der Waals surface area contributed by atoms with Gasteiger partial charge < -0.3 is 15.7 Å². The fraction of sp³-hybridized carbons (Fsp3) is 0.316. The van der Waals surface area contributed by atoms with Gasteiger partial charge in [0.05, 0.1) is 51.3 Å². The molecule has 282 valence electrons. The van der Waals surface area contributed by atoms with Crippen LogP contribution in [0.1, 0.15) is 78.0 Å². The van der Waals surface area contributed by atoms with Gasteiger partial charge in [0.15, 0.2) is 0 Å². The van der Waals surface area contributed by atoms with E-state index in [1.807, 2.05) is 0 Å². The maximum atomic E-state index is 14.0. The molecule has 0 radical (unpaired) electrons. The average Bonchev–Trinajstić information content (AvgIpc) is 3.50. The zero-order valence-electron chi connectivity index (χ0n) is 29.3. The molecule has 15 heteroatoms. The summed E-state index contributed by atoms with van der Waals surface area (Å²) in [7, 11) is 1.33. The monoisotopic (exact) mass is 746 g/mol. The maximum absolute atomic E-state index is 14.0. The summed E-state index contributed by atoms with van der Waals surface area (Å²) >= 11 is 0. The minimum atomic E-state index is -5.09. The van der Waals surface area contributed by atoms with Crippen LogP contribution in [-0.4, -0.2) is 40.5 Å². The number of likely N-dealkylation sites (N-methyl/N-ethyl adjacent to an activating group) is 1. The first-order valence-corrected chi connectivity index (χ1v) is 16.2. The third-order valence-corrected chi connectivity index (χ3v) is 9.24. The van der Waals surface area contributed by atoms with Crippen LogP contribution in [0.25, 0.3) is 11.1 Å². The number of hydrogen-bond acceptors (Lipinski definition) is 5. The molecule has 53 heavy (non-hydrogen) atoms. The van der Waals surface area contributed by atoms with Crippen molar-refractivity contribution < 1.29 is 50.2 Å². The molecule has 0 unspecified atom stereocenters. The number of nitrogens with zero attached hydrogens (tertiary/aromatic N) is 2. The third-order valence-electron chi connectivity index (χ3n) is 9.24. The molecule has 2 amide bonds. The summed E-state index contributed by atoms with van der Waals surface area (Å²) < 4.78 is 95.5. The van der Waals surface area contributed by atoms with Gasteiger partial charge in [-0.1, -0.05) is 24.3 Å². The number of aromatic nitrogens is 1. The van der Waals surface area contributed by atoms with Gasteiger partial charge in [-0.15, -0.1) is 0 Å². The number of carboxylic acids is 1. The fourth-order valence-corrected chi connectivity index (χ4v) is 5.99. The van der Waals surface area contributed by atoms with Crippen LogP contribution in [0.4, 0.5) is 36.4 Å². The summed E-state index contributed by atoms with van der Waals surface area (Å²) in [5.74, 6) is -2.74. The Morgan fingerprint density at radius 1 is 0.887 bits per heavy atom. The van der Waals surface area contributed by atoms with Crippen LogP contribution in [-0.2, 0) is 27.4 Å². The Morgan fingerprint density at radius 3 is 1.92 bits per heavy atom. The van der Waals surface area contributed by atoms with Gasteiger partial charge in [-0.2, -0.15) is 26.3 Å². The minimum absolute atomic E-state index is 0.00606. The summed E-state index contributed by atoms with van der Waals surface area (Å²) in [6, 6.07) is 14.6. The molecule has 1 fully saturated rings. The number of nitrogens with two attached hydrogens (primary N) is 1. The van der Waals surface area contributed by atoms with Crippen molar-refractivity contribution in [2.45, 2.75) is 69.9 Å². The van der Waals surface area contributed by atoms with Gasteiger partial charge in [-0.05, 0) is 106 Å². The number of aryl methyl sites for hydroxylation is 1. The first-order valence-electron chi connectivity index (χ1n) is 16.2. The lowest BCUT2D eigenvalue weighted by Crippen LogP contribution is -2.49. The van der Waals surface area contributed by atoms with Gasteiger partial charge in [0.25, 0.3) is 0 Å². The van der Waals surface area contributed by atoms with E-state index in [2.05, 4.69) is 10.3 Å². The largest absolute Gasteiger partial charge is 0.478 e. The Kier molecular flexibility index (Phi) is 11.4. The van der Waals surface area contributed by atoms with Gasteiger partial charge in [0.1, 0.15) is 5.82 Å². The molecule has 8 nitrogen and oxygen atoms in total. The van der Waals surface area contributed by atoms with Crippen molar-refractivity contribution in [3.63, 3.8) is 0 Å². The van der Waals surface area contributed by atoms with E-state index in [-0.39, 0.29) is 11.8 Å². The number of amides is 2. The molecule has 0 aliphatic carbocycles. The van der Waals surface area contributed by atoms with E-state index in [0.717, 1.165) is 4.90 Å². The standard InChI is InChI=1S/C31H31F7N4O2.C7H6O2/c1-16-10-20(32)6-7-21(16)22-14-24(23-8-9-29(4,41-23)26(39)43)40-15-25(22)42(5)27(44)28(2,3)17-11-18(30(33,34)35)13-19(12-17)31(36,37)38;8-7(9)6-4-2-1-3-5-6/h6-7,10-15,23,41H,8-9H2,1-5H3,(H2,39,43);1-5H,(H,8,9)/t23-,29-;/m1./s1. The Balaban J connectivity index is 0.000000608. The number of anilines is 1. The summed E-state index contributed by atoms with van der Waals surface area (Å²) in [5, 5.41) is 11.6. The number of aromatic carboxylic acids is 1. The Labute approximate surface area is 300 Å². The summed E-state index contributed by atoms with van der Waals surface area (Å²) in [6.07, 6.45) is -7.88. The van der Waals surface area contributed by atoms with E-state index in [4.69, 9.17) is 10.8 Å². The van der Waals surface area contributed by atoms with E-state index in [9.17, 15) is 45.1 Å². The Morgan fingerprint density at radius 2 is 1.45 bits per heavy atom. The summed E-state index contributed by atoms with van der Waals surface area (Å²) in [6.45, 7) is 5.78. The van der Waals surface area contributed by atoms with Crippen molar-refractivity contribution in [3.05, 3.63) is 118 Å². The highest BCUT2D eigenvalue weighted by Gasteiger charge is 2.42. The lowest BCUT2D eigenvalue weighted by atomic mass is 9.81. The zero-order chi connectivity index (χ0) is 39.7. The zero-order valence-corrected chi connectivity index (χ0v) is 29.3. The number of hydrogen-bond donors (Lipinski definition) is 3. The molecule has 1 aromatic heterocycles. The first-order chi connectivity index (χ1) is 24.5. The highest BCUT2D eigenvalue weighted by Crippen LogP contribution is 2.42. The van der Waals surface area contributed by atoms with Gasteiger partial charge in [-0.25, -0.2) is 9.18 Å². The Bertz CT molecular complexity index is 1980. The quantitative estimate of drug-likeness (QED) is 0.164. The van der Waals surface area contributed by atoms with Gasteiger partial charge in [0, 0.05) is 12.6 Å². The number of pyridine rings is 1. The predicted molar refractivity (Wildman–Crippen MR) is 183 cm³/mol. The molecule has 4 aromatic rings. The van der Waals surface area contributed by atoms with Crippen LogP contribution in [0, 0.1) is 12.7 Å². The third kappa shape index (κ3) is 9.02. The molecular formula is C38H37F7N4O4. The predicted octanol–water partition coefficient (Wildman–Crippen LogP) is 8.23. The van der Waals surface area contributed by atoms with Crippen molar-refractivity contribution in [1.82, 2.24) is 10.3 Å². The number of nitrogens with one attached hydrogen (secondary N) is 1. The number of benzene rings is 3. The van der Waals surface area contributed by atoms with E-state index in [0.29, 0.717) is 52.9 Å². The van der Waals surface area contributed by atoms with Crippen molar-refractivity contribution in [1.29, 1.82) is 0 Å². The number of carbonyl (C=O) groups excluding carboxylic acids is 2. The molecule has 1 saturated heterocycles. The molecule has 2 atom stereocenters. The van der Waals surface area contributed by atoms with Crippen LogP contribution in [0.5, 0.6) is 0 Å². The lowest BCUT2D eigenvalue weighted by Gasteiger charge is -2.32.